The fourth-order valence-electron chi connectivity index (χ4n) is 2.13. The standard InChI is InChI=1S/C13H25N5/c1-6-11(7-2)18(8-9(3)4)13-16-10(5)15-12(14)17-13/h9,11H,6-8H2,1-5H3,(H2,14,15,16,17). The summed E-state index contributed by atoms with van der Waals surface area (Å²) in [4.78, 5) is 15.0. The maximum absolute atomic E-state index is 5.72. The zero-order valence-corrected chi connectivity index (χ0v) is 12.1. The fourth-order valence-corrected chi connectivity index (χ4v) is 2.13. The lowest BCUT2D eigenvalue weighted by Gasteiger charge is -2.32. The Balaban J connectivity index is 3.07. The van der Waals surface area contributed by atoms with E-state index in [0.29, 0.717) is 29.7 Å². The van der Waals surface area contributed by atoms with Crippen molar-refractivity contribution in [2.75, 3.05) is 17.2 Å². The van der Waals surface area contributed by atoms with Crippen LogP contribution in [-0.4, -0.2) is 27.5 Å². The molecule has 0 spiro atoms. The van der Waals surface area contributed by atoms with Crippen LogP contribution in [0.25, 0.3) is 0 Å². The molecular formula is C13H25N5. The predicted octanol–water partition coefficient (Wildman–Crippen LogP) is 2.41. The monoisotopic (exact) mass is 251 g/mol. The van der Waals surface area contributed by atoms with Crippen molar-refractivity contribution in [2.24, 2.45) is 5.92 Å². The summed E-state index contributed by atoms with van der Waals surface area (Å²) in [5.74, 6) is 2.25. The van der Waals surface area contributed by atoms with Gasteiger partial charge in [-0.3, -0.25) is 0 Å². The summed E-state index contributed by atoms with van der Waals surface area (Å²) < 4.78 is 0. The van der Waals surface area contributed by atoms with Crippen molar-refractivity contribution in [1.29, 1.82) is 0 Å². The minimum atomic E-state index is 0.303. The van der Waals surface area contributed by atoms with Gasteiger partial charge in [0.05, 0.1) is 0 Å². The highest BCUT2D eigenvalue weighted by atomic mass is 15.3. The Morgan fingerprint density at radius 3 is 2.17 bits per heavy atom. The Labute approximate surface area is 110 Å². The number of rotatable bonds is 6. The number of anilines is 2. The van der Waals surface area contributed by atoms with E-state index in [1.54, 1.807) is 0 Å². The fraction of sp³-hybridized carbons (Fsp3) is 0.769. The van der Waals surface area contributed by atoms with E-state index < -0.39 is 0 Å². The van der Waals surface area contributed by atoms with Crippen molar-refractivity contribution in [3.05, 3.63) is 5.82 Å². The van der Waals surface area contributed by atoms with Gasteiger partial charge in [0.2, 0.25) is 11.9 Å². The van der Waals surface area contributed by atoms with Crippen molar-refractivity contribution in [1.82, 2.24) is 15.0 Å². The Hall–Kier alpha value is -1.39. The first-order valence-corrected chi connectivity index (χ1v) is 6.72. The molecule has 0 saturated carbocycles. The first-order valence-electron chi connectivity index (χ1n) is 6.72. The van der Waals surface area contributed by atoms with Gasteiger partial charge in [0.15, 0.2) is 0 Å². The van der Waals surface area contributed by atoms with E-state index in [2.05, 4.69) is 47.5 Å². The van der Waals surface area contributed by atoms with Crippen LogP contribution in [0.3, 0.4) is 0 Å². The smallest absolute Gasteiger partial charge is 0.230 e. The van der Waals surface area contributed by atoms with Crippen LogP contribution < -0.4 is 10.6 Å². The molecule has 0 aliphatic carbocycles. The molecule has 0 aliphatic rings. The molecule has 0 radical (unpaired) electrons. The van der Waals surface area contributed by atoms with Crippen LogP contribution in [0.2, 0.25) is 0 Å². The third kappa shape index (κ3) is 3.82. The molecule has 0 fully saturated rings. The maximum Gasteiger partial charge on any atom is 0.230 e. The molecule has 0 atom stereocenters. The molecule has 0 aliphatic heterocycles. The van der Waals surface area contributed by atoms with E-state index in [0.717, 1.165) is 19.4 Å². The van der Waals surface area contributed by atoms with Crippen LogP contribution in [0.5, 0.6) is 0 Å². The van der Waals surface area contributed by atoms with Crippen LogP contribution in [0.15, 0.2) is 0 Å². The number of aromatic nitrogens is 3. The predicted molar refractivity (Wildman–Crippen MR) is 75.5 cm³/mol. The highest BCUT2D eigenvalue weighted by Crippen LogP contribution is 2.18. The number of nitrogen functional groups attached to an aromatic ring is 1. The molecule has 5 nitrogen and oxygen atoms in total. The van der Waals surface area contributed by atoms with Gasteiger partial charge < -0.3 is 10.6 Å². The SMILES string of the molecule is CCC(CC)N(CC(C)C)c1nc(C)nc(N)n1. The lowest BCUT2D eigenvalue weighted by atomic mass is 10.1. The second-order valence-corrected chi connectivity index (χ2v) is 5.06. The van der Waals surface area contributed by atoms with Gasteiger partial charge in [0.25, 0.3) is 0 Å². The van der Waals surface area contributed by atoms with Gasteiger partial charge in [-0.2, -0.15) is 15.0 Å². The lowest BCUT2D eigenvalue weighted by molar-refractivity contribution is 0.497. The van der Waals surface area contributed by atoms with Crippen molar-refractivity contribution in [3.8, 4) is 0 Å². The Kier molecular flexibility index (Phi) is 5.31. The molecule has 1 heterocycles. The second-order valence-electron chi connectivity index (χ2n) is 5.06. The molecule has 0 amide bonds. The van der Waals surface area contributed by atoms with Gasteiger partial charge in [-0.25, -0.2) is 0 Å². The molecule has 0 bridgehead atoms. The number of aryl methyl sites for hydroxylation is 1. The van der Waals surface area contributed by atoms with Gasteiger partial charge in [-0.1, -0.05) is 27.7 Å². The Bertz CT molecular complexity index is 353. The topological polar surface area (TPSA) is 67.9 Å². The first-order chi connectivity index (χ1) is 8.47. The zero-order valence-electron chi connectivity index (χ0n) is 12.1. The second kappa shape index (κ2) is 6.52. The number of nitrogens with zero attached hydrogens (tertiary/aromatic N) is 4. The lowest BCUT2D eigenvalue weighted by Crippen LogP contribution is -2.39. The summed E-state index contributed by atoms with van der Waals surface area (Å²) in [6.45, 7) is 11.6. The van der Waals surface area contributed by atoms with Gasteiger partial charge in [-0.15, -0.1) is 0 Å². The molecule has 1 rings (SSSR count). The van der Waals surface area contributed by atoms with E-state index in [1.165, 1.54) is 0 Å². The van der Waals surface area contributed by atoms with Crippen LogP contribution >= 0.6 is 0 Å². The van der Waals surface area contributed by atoms with E-state index in [9.17, 15) is 0 Å². The minimum absolute atomic E-state index is 0.303. The molecule has 5 heteroatoms. The number of hydrogen-bond donors (Lipinski definition) is 1. The van der Waals surface area contributed by atoms with E-state index in [4.69, 9.17) is 5.73 Å². The molecule has 1 aromatic rings. The van der Waals surface area contributed by atoms with Crippen LogP contribution in [-0.2, 0) is 0 Å². The zero-order chi connectivity index (χ0) is 13.7. The third-order valence-corrected chi connectivity index (χ3v) is 2.95. The molecule has 102 valence electrons. The average molecular weight is 251 g/mol. The Morgan fingerprint density at radius 2 is 1.72 bits per heavy atom. The van der Waals surface area contributed by atoms with Crippen LogP contribution in [0.4, 0.5) is 11.9 Å². The highest BCUT2D eigenvalue weighted by molar-refractivity contribution is 5.36. The van der Waals surface area contributed by atoms with Gasteiger partial charge >= 0.3 is 0 Å². The molecule has 0 aromatic carbocycles. The molecule has 0 saturated heterocycles. The summed E-state index contributed by atoms with van der Waals surface area (Å²) in [5, 5.41) is 0. The van der Waals surface area contributed by atoms with Crippen LogP contribution in [0.1, 0.15) is 46.4 Å². The highest BCUT2D eigenvalue weighted by Gasteiger charge is 2.20. The quantitative estimate of drug-likeness (QED) is 0.841. The summed E-state index contributed by atoms with van der Waals surface area (Å²) in [6, 6.07) is 0.452. The molecule has 18 heavy (non-hydrogen) atoms. The van der Waals surface area contributed by atoms with Crippen molar-refractivity contribution >= 4 is 11.9 Å². The van der Waals surface area contributed by atoms with Crippen molar-refractivity contribution in [3.63, 3.8) is 0 Å². The summed E-state index contributed by atoms with van der Waals surface area (Å²) in [7, 11) is 0. The summed E-state index contributed by atoms with van der Waals surface area (Å²) in [5.41, 5.74) is 5.72. The number of hydrogen-bond acceptors (Lipinski definition) is 5. The summed E-state index contributed by atoms with van der Waals surface area (Å²) in [6.07, 6.45) is 2.15. The largest absolute Gasteiger partial charge is 0.368 e. The first kappa shape index (κ1) is 14.7. The Morgan fingerprint density at radius 1 is 1.11 bits per heavy atom. The normalized spacial score (nSPS) is 11.3. The summed E-state index contributed by atoms with van der Waals surface area (Å²) >= 11 is 0. The molecular weight excluding hydrogens is 226 g/mol. The van der Waals surface area contributed by atoms with Crippen LogP contribution in [0, 0.1) is 12.8 Å². The molecule has 1 aromatic heterocycles. The minimum Gasteiger partial charge on any atom is -0.368 e. The maximum atomic E-state index is 5.72. The van der Waals surface area contributed by atoms with E-state index >= 15 is 0 Å². The van der Waals surface area contributed by atoms with E-state index in [1.807, 2.05) is 6.92 Å². The van der Waals surface area contributed by atoms with Gasteiger partial charge in [0.1, 0.15) is 5.82 Å². The molecule has 0 unspecified atom stereocenters. The number of nitrogens with two attached hydrogens (primary N) is 1. The third-order valence-electron chi connectivity index (χ3n) is 2.95. The molecule has 2 N–H and O–H groups in total. The van der Waals surface area contributed by atoms with Gasteiger partial charge in [0, 0.05) is 12.6 Å². The van der Waals surface area contributed by atoms with E-state index in [-0.39, 0.29) is 0 Å². The average Bonchev–Trinajstić information content (AvgIpc) is 2.27. The van der Waals surface area contributed by atoms with Crippen molar-refractivity contribution in [2.45, 2.75) is 53.5 Å². The van der Waals surface area contributed by atoms with Gasteiger partial charge in [-0.05, 0) is 25.7 Å². The van der Waals surface area contributed by atoms with Crippen molar-refractivity contribution < 1.29 is 0 Å².